The van der Waals surface area contributed by atoms with Gasteiger partial charge in [0.15, 0.2) is 0 Å². The van der Waals surface area contributed by atoms with Crippen molar-refractivity contribution in [1.82, 2.24) is 10.6 Å². The van der Waals surface area contributed by atoms with Gasteiger partial charge in [-0.1, -0.05) is 17.7 Å². The Morgan fingerprint density at radius 3 is 2.60 bits per heavy atom. The highest BCUT2D eigenvalue weighted by Crippen LogP contribution is 2.12. The summed E-state index contributed by atoms with van der Waals surface area (Å²) >= 11 is 0. The molecule has 2 rings (SSSR count). The molecule has 0 aliphatic carbocycles. The highest BCUT2D eigenvalue weighted by Gasteiger charge is 2.13. The number of hydrogen-bond donors (Lipinski definition) is 2. The number of hydrogen-bond acceptors (Lipinski definition) is 2. The molecule has 2 N–H and O–H groups in total. The third-order valence-electron chi connectivity index (χ3n) is 3.07. The normalized spacial score (nSPS) is 14.2. The van der Waals surface area contributed by atoms with Gasteiger partial charge in [0.2, 0.25) is 5.91 Å². The van der Waals surface area contributed by atoms with Gasteiger partial charge in [-0.25, -0.2) is 8.78 Å². The maximum absolute atomic E-state index is 13.4. The van der Waals surface area contributed by atoms with Crippen LogP contribution in [0.5, 0.6) is 0 Å². The van der Waals surface area contributed by atoms with E-state index in [-0.39, 0.29) is 30.3 Å². The summed E-state index contributed by atoms with van der Waals surface area (Å²) in [6.07, 6.45) is 2.63. The van der Waals surface area contributed by atoms with Crippen molar-refractivity contribution in [2.24, 2.45) is 0 Å². The van der Waals surface area contributed by atoms with Gasteiger partial charge in [0.25, 0.3) is 0 Å². The molecular formula is C14H17ClF2N2O. The van der Waals surface area contributed by atoms with E-state index in [0.29, 0.717) is 6.54 Å². The van der Waals surface area contributed by atoms with E-state index in [9.17, 15) is 13.6 Å². The van der Waals surface area contributed by atoms with Gasteiger partial charge in [0.1, 0.15) is 11.6 Å². The molecule has 0 atom stereocenters. The number of halogens is 3. The Morgan fingerprint density at radius 1 is 1.30 bits per heavy atom. The van der Waals surface area contributed by atoms with Crippen molar-refractivity contribution in [1.29, 1.82) is 0 Å². The number of rotatable bonds is 4. The quantitative estimate of drug-likeness (QED) is 0.835. The van der Waals surface area contributed by atoms with Gasteiger partial charge in [-0.2, -0.15) is 0 Å². The lowest BCUT2D eigenvalue weighted by atomic mass is 10.1. The van der Waals surface area contributed by atoms with Crippen molar-refractivity contribution in [2.45, 2.75) is 12.8 Å². The van der Waals surface area contributed by atoms with Gasteiger partial charge in [0.05, 0.1) is 6.42 Å². The Bertz CT molecular complexity index is 486. The molecule has 0 saturated heterocycles. The average Bonchev–Trinajstić information content (AvgIpc) is 2.42. The minimum absolute atomic E-state index is 0. The second kappa shape index (κ2) is 7.97. The SMILES string of the molecule is Cl.O=C(Cc1c(F)cccc1F)NCC1=CCNCC1. The zero-order chi connectivity index (χ0) is 13.7. The molecule has 1 aromatic carbocycles. The molecule has 0 fully saturated rings. The fourth-order valence-electron chi connectivity index (χ4n) is 1.97. The van der Waals surface area contributed by atoms with E-state index in [1.165, 1.54) is 6.07 Å². The zero-order valence-electron chi connectivity index (χ0n) is 10.9. The van der Waals surface area contributed by atoms with Crippen molar-refractivity contribution in [3.63, 3.8) is 0 Å². The van der Waals surface area contributed by atoms with Crippen LogP contribution in [0.25, 0.3) is 0 Å². The van der Waals surface area contributed by atoms with E-state index in [2.05, 4.69) is 10.6 Å². The maximum atomic E-state index is 13.4. The summed E-state index contributed by atoms with van der Waals surface area (Å²) in [5.74, 6) is -1.74. The molecule has 0 unspecified atom stereocenters. The molecule has 0 spiro atoms. The highest BCUT2D eigenvalue weighted by atomic mass is 35.5. The van der Waals surface area contributed by atoms with Gasteiger partial charge in [0, 0.05) is 18.7 Å². The second-order valence-corrected chi connectivity index (χ2v) is 4.47. The van der Waals surface area contributed by atoms with Gasteiger partial charge in [-0.05, 0) is 25.1 Å². The van der Waals surface area contributed by atoms with Crippen LogP contribution in [0, 0.1) is 11.6 Å². The zero-order valence-corrected chi connectivity index (χ0v) is 11.7. The standard InChI is InChI=1S/C14H16F2N2O.ClH/c15-12-2-1-3-13(16)11(12)8-14(19)18-9-10-4-6-17-7-5-10;/h1-4,17H,5-9H2,(H,18,19);1H. The van der Waals surface area contributed by atoms with Crippen LogP contribution in [-0.2, 0) is 11.2 Å². The molecule has 1 aliphatic rings. The van der Waals surface area contributed by atoms with Crippen LogP contribution in [0.3, 0.4) is 0 Å². The largest absolute Gasteiger partial charge is 0.352 e. The maximum Gasteiger partial charge on any atom is 0.224 e. The minimum Gasteiger partial charge on any atom is -0.352 e. The summed E-state index contributed by atoms with van der Waals surface area (Å²) < 4.78 is 26.7. The van der Waals surface area contributed by atoms with Gasteiger partial charge in [-0.15, -0.1) is 12.4 Å². The number of carbonyl (C=O) groups is 1. The fraction of sp³-hybridized carbons (Fsp3) is 0.357. The lowest BCUT2D eigenvalue weighted by Crippen LogP contribution is -2.30. The van der Waals surface area contributed by atoms with Gasteiger partial charge < -0.3 is 10.6 Å². The molecule has 3 nitrogen and oxygen atoms in total. The van der Waals surface area contributed by atoms with E-state index in [0.717, 1.165) is 37.2 Å². The Balaban J connectivity index is 0.00000200. The van der Waals surface area contributed by atoms with Crippen molar-refractivity contribution in [2.75, 3.05) is 19.6 Å². The Morgan fingerprint density at radius 2 is 2.00 bits per heavy atom. The second-order valence-electron chi connectivity index (χ2n) is 4.47. The van der Waals surface area contributed by atoms with Crippen LogP contribution >= 0.6 is 12.4 Å². The van der Waals surface area contributed by atoms with Crippen LogP contribution in [0.1, 0.15) is 12.0 Å². The molecule has 0 bridgehead atoms. The summed E-state index contributed by atoms with van der Waals surface area (Å²) in [7, 11) is 0. The first kappa shape index (κ1) is 16.6. The predicted octanol–water partition coefficient (Wildman–Crippen LogP) is 1.96. The Kier molecular flexibility index (Phi) is 6.61. The first-order chi connectivity index (χ1) is 9.16. The predicted molar refractivity (Wildman–Crippen MR) is 75.9 cm³/mol. The first-order valence-corrected chi connectivity index (χ1v) is 6.25. The van der Waals surface area contributed by atoms with Crippen molar-refractivity contribution in [3.05, 3.63) is 47.0 Å². The molecule has 1 amide bonds. The molecule has 0 radical (unpaired) electrons. The van der Waals surface area contributed by atoms with Crippen LogP contribution in [0.2, 0.25) is 0 Å². The van der Waals surface area contributed by atoms with Crippen LogP contribution in [-0.4, -0.2) is 25.5 Å². The van der Waals surface area contributed by atoms with Crippen molar-refractivity contribution in [3.8, 4) is 0 Å². The van der Waals surface area contributed by atoms with Crippen molar-refractivity contribution < 1.29 is 13.6 Å². The summed E-state index contributed by atoms with van der Waals surface area (Å²) in [5.41, 5.74) is 0.959. The lowest BCUT2D eigenvalue weighted by Gasteiger charge is -2.14. The fourth-order valence-corrected chi connectivity index (χ4v) is 1.97. The first-order valence-electron chi connectivity index (χ1n) is 6.25. The summed E-state index contributed by atoms with van der Waals surface area (Å²) in [6.45, 7) is 2.13. The van der Waals surface area contributed by atoms with E-state index >= 15 is 0 Å². The molecule has 110 valence electrons. The van der Waals surface area contributed by atoms with E-state index < -0.39 is 11.6 Å². The average molecular weight is 303 g/mol. The van der Waals surface area contributed by atoms with Gasteiger partial charge in [-0.3, -0.25) is 4.79 Å². The van der Waals surface area contributed by atoms with Crippen LogP contribution in [0.4, 0.5) is 8.78 Å². The molecule has 0 saturated carbocycles. The van der Waals surface area contributed by atoms with Crippen LogP contribution in [0.15, 0.2) is 29.8 Å². The third-order valence-corrected chi connectivity index (χ3v) is 3.07. The lowest BCUT2D eigenvalue weighted by molar-refractivity contribution is -0.120. The Hall–Kier alpha value is -1.46. The molecule has 20 heavy (non-hydrogen) atoms. The number of amides is 1. The molecule has 1 aliphatic heterocycles. The topological polar surface area (TPSA) is 41.1 Å². The van der Waals surface area contributed by atoms with E-state index in [4.69, 9.17) is 0 Å². The summed E-state index contributed by atoms with van der Waals surface area (Å²) in [4.78, 5) is 11.7. The molecule has 1 aromatic rings. The molecular weight excluding hydrogens is 286 g/mol. The summed E-state index contributed by atoms with van der Waals surface area (Å²) in [6, 6.07) is 3.59. The Labute approximate surface area is 122 Å². The highest BCUT2D eigenvalue weighted by molar-refractivity contribution is 5.85. The van der Waals surface area contributed by atoms with Crippen LogP contribution < -0.4 is 10.6 Å². The van der Waals surface area contributed by atoms with E-state index in [1.54, 1.807) is 0 Å². The van der Waals surface area contributed by atoms with Gasteiger partial charge >= 0.3 is 0 Å². The van der Waals surface area contributed by atoms with Crippen molar-refractivity contribution >= 4 is 18.3 Å². The monoisotopic (exact) mass is 302 g/mol. The third kappa shape index (κ3) is 4.58. The smallest absolute Gasteiger partial charge is 0.224 e. The summed E-state index contributed by atoms with van der Waals surface area (Å²) in [5, 5.41) is 5.86. The molecule has 1 heterocycles. The number of benzene rings is 1. The molecule has 6 heteroatoms. The number of carbonyl (C=O) groups excluding carboxylic acids is 1. The number of nitrogens with one attached hydrogen (secondary N) is 2. The molecule has 0 aromatic heterocycles. The van der Waals surface area contributed by atoms with E-state index in [1.807, 2.05) is 6.08 Å². The minimum atomic E-state index is -0.684.